The number of benzene rings is 2. The molecule has 0 aliphatic rings. The summed E-state index contributed by atoms with van der Waals surface area (Å²) < 4.78 is 0. The maximum absolute atomic E-state index is 11.8. The molecule has 0 atom stereocenters. The molecule has 1 heterocycles. The minimum absolute atomic E-state index is 0.0517. The van der Waals surface area contributed by atoms with Gasteiger partial charge in [0.05, 0.1) is 0 Å². The van der Waals surface area contributed by atoms with Crippen LogP contribution in [0.3, 0.4) is 0 Å². The monoisotopic (exact) mass is 312 g/mol. The van der Waals surface area contributed by atoms with Crippen LogP contribution in [0.2, 0.25) is 0 Å². The third-order valence-electron chi connectivity index (χ3n) is 3.04. The van der Waals surface area contributed by atoms with Crippen LogP contribution in [0.25, 0.3) is 11.1 Å². The third kappa shape index (κ3) is 2.96. The van der Waals surface area contributed by atoms with E-state index in [1.165, 1.54) is 0 Å². The van der Waals surface area contributed by atoms with Crippen molar-refractivity contribution in [2.45, 2.75) is 9.79 Å². The number of rotatable bonds is 3. The Kier molecular flexibility index (Phi) is 3.84. The summed E-state index contributed by atoms with van der Waals surface area (Å²) in [5.41, 5.74) is -0.768. The van der Waals surface area contributed by atoms with Gasteiger partial charge in [0.2, 0.25) is 5.88 Å². The molecule has 0 unspecified atom stereocenters. The third-order valence-corrected chi connectivity index (χ3v) is 4.06. The van der Waals surface area contributed by atoms with E-state index >= 15 is 0 Å². The van der Waals surface area contributed by atoms with Crippen LogP contribution in [0.1, 0.15) is 0 Å². The van der Waals surface area contributed by atoms with Crippen molar-refractivity contribution < 1.29 is 5.11 Å². The molecule has 0 bridgehead atoms. The summed E-state index contributed by atoms with van der Waals surface area (Å²) in [6.45, 7) is 0. The Morgan fingerprint density at radius 1 is 0.818 bits per heavy atom. The van der Waals surface area contributed by atoms with Crippen LogP contribution in [0.4, 0.5) is 0 Å². The standard InChI is InChI=1S/C16H12N2O3S/c19-14-13(15(20)18-16(21)17-14)10-6-8-12(9-7-10)22-11-4-2-1-3-5-11/h1-9H,(H3,17,18,19,20,21). The predicted octanol–water partition coefficient (Wildman–Crippen LogP) is 2.59. The largest absolute Gasteiger partial charge is 0.494 e. The first-order valence-corrected chi connectivity index (χ1v) is 7.34. The van der Waals surface area contributed by atoms with E-state index in [4.69, 9.17) is 0 Å². The summed E-state index contributed by atoms with van der Waals surface area (Å²) in [6, 6.07) is 17.1. The van der Waals surface area contributed by atoms with Gasteiger partial charge in [-0.15, -0.1) is 0 Å². The van der Waals surface area contributed by atoms with Gasteiger partial charge in [-0.2, -0.15) is 0 Å². The molecule has 0 spiro atoms. The first-order valence-electron chi connectivity index (χ1n) is 6.52. The summed E-state index contributed by atoms with van der Waals surface area (Å²) in [5, 5.41) is 9.75. The van der Waals surface area contributed by atoms with Gasteiger partial charge in [-0.05, 0) is 29.8 Å². The lowest BCUT2D eigenvalue weighted by Crippen LogP contribution is -2.23. The van der Waals surface area contributed by atoms with E-state index in [1.807, 2.05) is 42.5 Å². The van der Waals surface area contributed by atoms with E-state index in [-0.39, 0.29) is 5.56 Å². The fourth-order valence-electron chi connectivity index (χ4n) is 2.06. The van der Waals surface area contributed by atoms with E-state index in [0.29, 0.717) is 5.56 Å². The molecule has 0 amide bonds. The number of hydrogen-bond acceptors (Lipinski definition) is 4. The van der Waals surface area contributed by atoms with E-state index in [0.717, 1.165) is 9.79 Å². The van der Waals surface area contributed by atoms with Crippen molar-refractivity contribution in [2.24, 2.45) is 0 Å². The fraction of sp³-hybridized carbons (Fsp3) is 0. The minimum atomic E-state index is -0.734. The zero-order chi connectivity index (χ0) is 15.5. The lowest BCUT2D eigenvalue weighted by Gasteiger charge is -2.05. The molecule has 0 saturated heterocycles. The number of hydrogen-bond donors (Lipinski definition) is 3. The molecule has 6 heteroatoms. The molecule has 0 saturated carbocycles. The zero-order valence-electron chi connectivity index (χ0n) is 11.4. The smallest absolute Gasteiger partial charge is 0.328 e. The highest BCUT2D eigenvalue weighted by Gasteiger charge is 2.11. The van der Waals surface area contributed by atoms with Gasteiger partial charge >= 0.3 is 5.69 Å². The summed E-state index contributed by atoms with van der Waals surface area (Å²) in [4.78, 5) is 29.3. The SMILES string of the molecule is O=c1[nH]c(O)c(-c2ccc(Sc3ccccc3)cc2)c(=O)[nH]1. The van der Waals surface area contributed by atoms with Crippen LogP contribution in [0.15, 0.2) is 74.0 Å². The summed E-state index contributed by atoms with van der Waals surface area (Å²) in [6.07, 6.45) is 0. The van der Waals surface area contributed by atoms with Crippen LogP contribution >= 0.6 is 11.8 Å². The van der Waals surface area contributed by atoms with Crippen molar-refractivity contribution in [1.29, 1.82) is 0 Å². The highest BCUT2D eigenvalue weighted by atomic mass is 32.2. The number of aromatic amines is 2. The van der Waals surface area contributed by atoms with Gasteiger partial charge < -0.3 is 5.11 Å². The molecule has 3 N–H and O–H groups in total. The van der Waals surface area contributed by atoms with Crippen LogP contribution in [-0.2, 0) is 0 Å². The molecule has 3 rings (SSSR count). The topological polar surface area (TPSA) is 85.9 Å². The summed E-state index contributed by atoms with van der Waals surface area (Å²) >= 11 is 1.60. The number of nitrogens with one attached hydrogen (secondary N) is 2. The Morgan fingerprint density at radius 2 is 1.45 bits per heavy atom. The van der Waals surface area contributed by atoms with E-state index in [9.17, 15) is 14.7 Å². The van der Waals surface area contributed by atoms with Gasteiger partial charge in [0.1, 0.15) is 5.56 Å². The van der Waals surface area contributed by atoms with E-state index in [1.54, 1.807) is 23.9 Å². The molecule has 110 valence electrons. The van der Waals surface area contributed by atoms with Crippen molar-refractivity contribution in [2.75, 3.05) is 0 Å². The number of H-pyrrole nitrogens is 2. The maximum atomic E-state index is 11.8. The molecule has 0 aliphatic heterocycles. The van der Waals surface area contributed by atoms with Gasteiger partial charge in [-0.3, -0.25) is 14.8 Å². The van der Waals surface area contributed by atoms with Crippen molar-refractivity contribution in [3.63, 3.8) is 0 Å². The van der Waals surface area contributed by atoms with Crippen molar-refractivity contribution in [3.8, 4) is 17.0 Å². The highest BCUT2D eigenvalue weighted by molar-refractivity contribution is 7.99. The first kappa shape index (κ1) is 14.2. The number of aromatic nitrogens is 2. The Morgan fingerprint density at radius 3 is 2.09 bits per heavy atom. The maximum Gasteiger partial charge on any atom is 0.328 e. The Balaban J connectivity index is 1.92. The van der Waals surface area contributed by atoms with Crippen molar-refractivity contribution in [3.05, 3.63) is 75.4 Å². The van der Waals surface area contributed by atoms with Crippen molar-refractivity contribution >= 4 is 11.8 Å². The molecule has 5 nitrogen and oxygen atoms in total. The molecular formula is C16H12N2O3S. The molecular weight excluding hydrogens is 300 g/mol. The minimum Gasteiger partial charge on any atom is -0.494 e. The van der Waals surface area contributed by atoms with Gasteiger partial charge in [0.25, 0.3) is 5.56 Å². The predicted molar refractivity (Wildman–Crippen MR) is 85.3 cm³/mol. The van der Waals surface area contributed by atoms with Crippen LogP contribution in [0.5, 0.6) is 5.88 Å². The van der Waals surface area contributed by atoms with E-state index < -0.39 is 17.1 Å². The Hall–Kier alpha value is -2.73. The summed E-state index contributed by atoms with van der Waals surface area (Å²) in [5.74, 6) is -0.433. The average Bonchev–Trinajstić information content (AvgIpc) is 2.49. The second-order valence-electron chi connectivity index (χ2n) is 4.57. The van der Waals surface area contributed by atoms with Crippen LogP contribution in [-0.4, -0.2) is 15.1 Å². The van der Waals surface area contributed by atoms with Crippen LogP contribution < -0.4 is 11.2 Å². The summed E-state index contributed by atoms with van der Waals surface area (Å²) in [7, 11) is 0. The molecule has 0 radical (unpaired) electrons. The Labute approximate surface area is 129 Å². The molecule has 0 fully saturated rings. The first-order chi connectivity index (χ1) is 10.6. The lowest BCUT2D eigenvalue weighted by atomic mass is 10.1. The lowest BCUT2D eigenvalue weighted by molar-refractivity contribution is 0.451. The Bertz CT molecular complexity index is 899. The zero-order valence-corrected chi connectivity index (χ0v) is 12.2. The normalized spacial score (nSPS) is 10.5. The van der Waals surface area contributed by atoms with Gasteiger partial charge in [-0.25, -0.2) is 4.79 Å². The highest BCUT2D eigenvalue weighted by Crippen LogP contribution is 2.30. The van der Waals surface area contributed by atoms with Gasteiger partial charge in [-0.1, -0.05) is 42.1 Å². The molecule has 3 aromatic rings. The van der Waals surface area contributed by atoms with Crippen LogP contribution in [0, 0.1) is 0 Å². The molecule has 2 aromatic carbocycles. The second-order valence-corrected chi connectivity index (χ2v) is 5.72. The van der Waals surface area contributed by atoms with Crippen molar-refractivity contribution in [1.82, 2.24) is 9.97 Å². The quantitative estimate of drug-likeness (QED) is 0.694. The van der Waals surface area contributed by atoms with E-state index in [2.05, 4.69) is 9.97 Å². The average molecular weight is 312 g/mol. The number of aromatic hydroxyl groups is 1. The molecule has 0 aliphatic carbocycles. The van der Waals surface area contributed by atoms with Gasteiger partial charge in [0.15, 0.2) is 0 Å². The molecule has 1 aromatic heterocycles. The molecule has 22 heavy (non-hydrogen) atoms. The van der Waals surface area contributed by atoms with Gasteiger partial charge in [0, 0.05) is 9.79 Å². The fourth-order valence-corrected chi connectivity index (χ4v) is 2.89. The second kappa shape index (κ2) is 5.95.